The predicted octanol–water partition coefficient (Wildman–Crippen LogP) is 2.46. The van der Waals surface area contributed by atoms with Crippen molar-refractivity contribution < 1.29 is 13.9 Å². The minimum Gasteiger partial charge on any atom is -0.373 e. The Morgan fingerprint density at radius 2 is 2.41 bits per heavy atom. The zero-order valence-corrected chi connectivity index (χ0v) is 12.9. The summed E-state index contributed by atoms with van der Waals surface area (Å²) in [6.45, 7) is 4.14. The summed E-state index contributed by atoms with van der Waals surface area (Å²) >= 11 is 0. The Hall–Kier alpha value is -1.69. The van der Waals surface area contributed by atoms with Gasteiger partial charge >= 0.3 is 0 Å². The highest BCUT2D eigenvalue weighted by Crippen LogP contribution is 2.35. The van der Waals surface area contributed by atoms with Crippen molar-refractivity contribution >= 4 is 5.91 Å². The number of amides is 1. The summed E-state index contributed by atoms with van der Waals surface area (Å²) in [4.78, 5) is 14.4. The summed E-state index contributed by atoms with van der Waals surface area (Å²) in [7, 11) is 0. The molecule has 22 heavy (non-hydrogen) atoms. The summed E-state index contributed by atoms with van der Waals surface area (Å²) in [6.07, 6.45) is 7.23. The van der Waals surface area contributed by atoms with Gasteiger partial charge in [0.15, 0.2) is 0 Å². The molecule has 1 aromatic rings. The Bertz CT molecular complexity index is 569. The maximum Gasteiger partial charge on any atom is 0.229 e. The van der Waals surface area contributed by atoms with Gasteiger partial charge in [-0.2, -0.15) is 5.10 Å². The first kappa shape index (κ1) is 15.2. The number of hydrogen-bond acceptors (Lipinski definition) is 3. The first-order valence-electron chi connectivity index (χ1n) is 7.96. The molecule has 5 nitrogen and oxygen atoms in total. The van der Waals surface area contributed by atoms with Crippen LogP contribution in [0.25, 0.3) is 0 Å². The minimum absolute atomic E-state index is 0.00259. The molecule has 0 radical (unpaired) electrons. The average Bonchev–Trinajstić information content (AvgIpc) is 3.03. The fraction of sp³-hybridized carbons (Fsp3) is 0.625. The third-order valence-corrected chi connectivity index (χ3v) is 4.36. The van der Waals surface area contributed by atoms with E-state index in [0.717, 1.165) is 24.9 Å². The number of nitrogens with zero attached hydrogens (tertiary/aromatic N) is 3. The summed E-state index contributed by atoms with van der Waals surface area (Å²) in [5, 5.41) is 4.27. The quantitative estimate of drug-likeness (QED) is 0.862. The molecule has 2 aliphatic heterocycles. The Labute approximate surface area is 129 Å². The molecule has 0 aliphatic carbocycles. The van der Waals surface area contributed by atoms with Gasteiger partial charge in [-0.3, -0.25) is 9.48 Å². The van der Waals surface area contributed by atoms with Crippen molar-refractivity contribution in [3.63, 3.8) is 0 Å². The van der Waals surface area contributed by atoms with E-state index < -0.39 is 0 Å². The molecule has 1 fully saturated rings. The van der Waals surface area contributed by atoms with Crippen LogP contribution in [0.2, 0.25) is 0 Å². The van der Waals surface area contributed by atoms with E-state index in [9.17, 15) is 9.18 Å². The van der Waals surface area contributed by atoms with E-state index in [2.05, 4.69) is 5.10 Å². The third kappa shape index (κ3) is 3.06. The number of hydrogen-bond donors (Lipinski definition) is 0. The lowest BCUT2D eigenvalue weighted by molar-refractivity contribution is -0.145. The van der Waals surface area contributed by atoms with Crippen molar-refractivity contribution in [2.45, 2.75) is 38.8 Å². The third-order valence-electron chi connectivity index (χ3n) is 4.36. The lowest BCUT2D eigenvalue weighted by Gasteiger charge is -2.35. The molecule has 1 saturated heterocycles. The van der Waals surface area contributed by atoms with E-state index in [0.29, 0.717) is 19.6 Å². The van der Waals surface area contributed by atoms with Crippen molar-refractivity contribution in [3.05, 3.63) is 29.9 Å². The van der Waals surface area contributed by atoms with Crippen LogP contribution >= 0.6 is 0 Å². The molecule has 0 bridgehead atoms. The second kappa shape index (κ2) is 6.60. The van der Waals surface area contributed by atoms with E-state index in [4.69, 9.17) is 4.74 Å². The van der Waals surface area contributed by atoms with Crippen molar-refractivity contribution in [2.24, 2.45) is 5.92 Å². The maximum absolute atomic E-state index is 13.5. The lowest BCUT2D eigenvalue weighted by atomic mass is 9.89. The van der Waals surface area contributed by atoms with Crippen LogP contribution in [0, 0.1) is 5.92 Å². The fourth-order valence-corrected chi connectivity index (χ4v) is 3.19. The van der Waals surface area contributed by atoms with Crippen LogP contribution in [-0.2, 0) is 16.1 Å². The molecule has 6 heteroatoms. The Kier molecular flexibility index (Phi) is 4.57. The van der Waals surface area contributed by atoms with E-state index >= 15 is 0 Å². The van der Waals surface area contributed by atoms with Crippen LogP contribution in [-0.4, -0.2) is 40.3 Å². The fourth-order valence-electron chi connectivity index (χ4n) is 3.19. The topological polar surface area (TPSA) is 47.4 Å². The van der Waals surface area contributed by atoms with Gasteiger partial charge in [-0.05, 0) is 32.3 Å². The summed E-state index contributed by atoms with van der Waals surface area (Å²) < 4.78 is 21.1. The zero-order chi connectivity index (χ0) is 15.5. The summed E-state index contributed by atoms with van der Waals surface area (Å²) in [6, 6.07) is 0. The second-order valence-corrected chi connectivity index (χ2v) is 5.87. The Balaban J connectivity index is 1.77. The van der Waals surface area contributed by atoms with E-state index in [1.807, 2.05) is 17.8 Å². The molecule has 0 unspecified atom stereocenters. The Morgan fingerprint density at radius 3 is 3.14 bits per heavy atom. The summed E-state index contributed by atoms with van der Waals surface area (Å²) in [5.41, 5.74) is 0.938. The number of carbonyl (C=O) groups excluding carboxylic acids is 1. The molecule has 2 aliphatic rings. The monoisotopic (exact) mass is 307 g/mol. The molecule has 0 spiro atoms. The highest BCUT2D eigenvalue weighted by molar-refractivity contribution is 5.80. The number of halogens is 1. The van der Waals surface area contributed by atoms with Gasteiger partial charge in [-0.15, -0.1) is 0 Å². The molecule has 0 aromatic carbocycles. The van der Waals surface area contributed by atoms with Gasteiger partial charge in [0.2, 0.25) is 5.91 Å². The van der Waals surface area contributed by atoms with Crippen LogP contribution in [0.15, 0.2) is 24.3 Å². The molecular formula is C16H22FN3O2. The van der Waals surface area contributed by atoms with Gasteiger partial charge in [0, 0.05) is 31.5 Å². The summed E-state index contributed by atoms with van der Waals surface area (Å²) in [5.74, 6) is -0.460. The first-order chi connectivity index (χ1) is 10.7. The second-order valence-electron chi connectivity index (χ2n) is 5.87. The number of ether oxygens (including phenoxy) is 1. The molecule has 120 valence electrons. The molecular weight excluding hydrogens is 285 g/mol. The molecule has 3 heterocycles. The molecule has 1 aromatic heterocycles. The molecule has 0 saturated carbocycles. The average molecular weight is 307 g/mol. The van der Waals surface area contributed by atoms with Gasteiger partial charge in [0.05, 0.1) is 24.8 Å². The SMILES string of the molecule is CCn1cc([C@@H]2OCCC[C@H]2C(=O)N2CCC=C(F)C2)cn1. The Morgan fingerprint density at radius 1 is 1.55 bits per heavy atom. The number of carbonyl (C=O) groups is 1. The smallest absolute Gasteiger partial charge is 0.229 e. The van der Waals surface area contributed by atoms with Crippen LogP contribution in [0.1, 0.15) is 37.9 Å². The van der Waals surface area contributed by atoms with Gasteiger partial charge in [0.25, 0.3) is 0 Å². The molecule has 0 N–H and O–H groups in total. The van der Waals surface area contributed by atoms with Crippen LogP contribution in [0.4, 0.5) is 4.39 Å². The lowest BCUT2D eigenvalue weighted by Crippen LogP contribution is -2.43. The largest absolute Gasteiger partial charge is 0.373 e. The number of rotatable bonds is 3. The van der Waals surface area contributed by atoms with Crippen molar-refractivity contribution in [1.82, 2.24) is 14.7 Å². The van der Waals surface area contributed by atoms with Crippen molar-refractivity contribution in [1.29, 1.82) is 0 Å². The number of aromatic nitrogens is 2. The molecule has 2 atom stereocenters. The normalized spacial score (nSPS) is 25.9. The highest BCUT2D eigenvalue weighted by Gasteiger charge is 2.36. The number of aryl methyl sites for hydroxylation is 1. The van der Waals surface area contributed by atoms with Crippen LogP contribution in [0.5, 0.6) is 0 Å². The van der Waals surface area contributed by atoms with E-state index in [-0.39, 0.29) is 30.3 Å². The van der Waals surface area contributed by atoms with E-state index in [1.165, 1.54) is 0 Å². The highest BCUT2D eigenvalue weighted by atomic mass is 19.1. The van der Waals surface area contributed by atoms with Crippen molar-refractivity contribution in [2.75, 3.05) is 19.7 Å². The van der Waals surface area contributed by atoms with Gasteiger partial charge in [-0.1, -0.05) is 0 Å². The standard InChI is InChI=1S/C16H22FN3O2/c1-2-20-10-12(9-18-20)15-14(6-4-8-22-15)16(21)19-7-3-5-13(17)11-19/h5,9-10,14-15H,2-4,6-8,11H2,1H3/t14-,15+/m1/s1. The van der Waals surface area contributed by atoms with Crippen LogP contribution < -0.4 is 0 Å². The van der Waals surface area contributed by atoms with Crippen LogP contribution in [0.3, 0.4) is 0 Å². The minimum atomic E-state index is -0.268. The zero-order valence-electron chi connectivity index (χ0n) is 12.9. The molecule has 1 amide bonds. The predicted molar refractivity (Wildman–Crippen MR) is 79.7 cm³/mol. The first-order valence-corrected chi connectivity index (χ1v) is 7.96. The van der Waals surface area contributed by atoms with E-state index in [1.54, 1.807) is 17.2 Å². The van der Waals surface area contributed by atoms with Gasteiger partial charge < -0.3 is 9.64 Å². The van der Waals surface area contributed by atoms with Gasteiger partial charge in [-0.25, -0.2) is 4.39 Å². The van der Waals surface area contributed by atoms with Crippen molar-refractivity contribution in [3.8, 4) is 0 Å². The maximum atomic E-state index is 13.5. The molecule has 3 rings (SSSR count). The van der Waals surface area contributed by atoms with Gasteiger partial charge in [0.1, 0.15) is 5.83 Å².